The van der Waals surface area contributed by atoms with Crippen LogP contribution in [0.15, 0.2) is 24.3 Å². The number of amides is 1. The predicted octanol–water partition coefficient (Wildman–Crippen LogP) is 3.25. The molecule has 1 aliphatic carbocycles. The van der Waals surface area contributed by atoms with Crippen LogP contribution in [0, 0.1) is 0 Å². The van der Waals surface area contributed by atoms with Crippen molar-refractivity contribution in [3.8, 4) is 5.75 Å². The second-order valence-electron chi connectivity index (χ2n) is 5.53. The van der Waals surface area contributed by atoms with Crippen molar-refractivity contribution in [3.05, 3.63) is 29.8 Å². The Kier molecular flexibility index (Phi) is 4.83. The van der Waals surface area contributed by atoms with Gasteiger partial charge in [0, 0.05) is 6.04 Å². The lowest BCUT2D eigenvalue weighted by Gasteiger charge is -2.15. The SMILES string of the molecule is CC(C)c1ccccc1OCC(=O)NC1CCCC1. The topological polar surface area (TPSA) is 38.3 Å². The molecule has 0 aromatic heterocycles. The van der Waals surface area contributed by atoms with Crippen LogP contribution >= 0.6 is 0 Å². The summed E-state index contributed by atoms with van der Waals surface area (Å²) in [5.41, 5.74) is 1.15. The molecule has 0 bridgehead atoms. The van der Waals surface area contributed by atoms with Crippen LogP contribution in [-0.4, -0.2) is 18.6 Å². The second kappa shape index (κ2) is 6.60. The van der Waals surface area contributed by atoms with E-state index in [4.69, 9.17) is 4.74 Å². The van der Waals surface area contributed by atoms with Gasteiger partial charge in [-0.05, 0) is 30.4 Å². The summed E-state index contributed by atoms with van der Waals surface area (Å²) < 4.78 is 5.66. The summed E-state index contributed by atoms with van der Waals surface area (Å²) in [5.74, 6) is 1.21. The van der Waals surface area contributed by atoms with E-state index in [0.717, 1.165) is 24.2 Å². The third-order valence-corrected chi connectivity index (χ3v) is 3.62. The van der Waals surface area contributed by atoms with Gasteiger partial charge in [0.15, 0.2) is 6.61 Å². The molecular formula is C16H23NO2. The Balaban J connectivity index is 1.86. The first kappa shape index (κ1) is 13.9. The van der Waals surface area contributed by atoms with Crippen molar-refractivity contribution in [3.63, 3.8) is 0 Å². The average molecular weight is 261 g/mol. The maximum absolute atomic E-state index is 11.8. The van der Waals surface area contributed by atoms with Gasteiger partial charge < -0.3 is 10.1 Å². The quantitative estimate of drug-likeness (QED) is 0.883. The molecule has 104 valence electrons. The van der Waals surface area contributed by atoms with Gasteiger partial charge in [-0.25, -0.2) is 0 Å². The Hall–Kier alpha value is -1.51. The first-order chi connectivity index (χ1) is 9.16. The summed E-state index contributed by atoms with van der Waals surface area (Å²) in [6.45, 7) is 4.36. The molecule has 0 aliphatic heterocycles. The summed E-state index contributed by atoms with van der Waals surface area (Å²) in [6, 6.07) is 8.28. The number of nitrogens with one attached hydrogen (secondary N) is 1. The van der Waals surface area contributed by atoms with Crippen molar-refractivity contribution in [1.82, 2.24) is 5.32 Å². The van der Waals surface area contributed by atoms with Crippen LogP contribution in [0.25, 0.3) is 0 Å². The maximum Gasteiger partial charge on any atom is 0.258 e. The van der Waals surface area contributed by atoms with Gasteiger partial charge in [-0.3, -0.25) is 4.79 Å². The Labute approximate surface area is 115 Å². The molecule has 0 radical (unpaired) electrons. The number of carbonyl (C=O) groups is 1. The molecule has 1 N–H and O–H groups in total. The van der Waals surface area contributed by atoms with Crippen LogP contribution in [0.1, 0.15) is 51.0 Å². The minimum Gasteiger partial charge on any atom is -0.483 e. The predicted molar refractivity (Wildman–Crippen MR) is 76.4 cm³/mol. The zero-order chi connectivity index (χ0) is 13.7. The summed E-state index contributed by atoms with van der Waals surface area (Å²) in [5, 5.41) is 3.03. The van der Waals surface area contributed by atoms with E-state index in [1.807, 2.05) is 18.2 Å². The molecule has 1 saturated carbocycles. The maximum atomic E-state index is 11.8. The average Bonchev–Trinajstić information content (AvgIpc) is 2.89. The molecule has 3 nitrogen and oxygen atoms in total. The first-order valence-corrected chi connectivity index (χ1v) is 7.18. The summed E-state index contributed by atoms with van der Waals surface area (Å²) >= 11 is 0. The highest BCUT2D eigenvalue weighted by atomic mass is 16.5. The molecule has 0 unspecified atom stereocenters. The van der Waals surface area contributed by atoms with E-state index in [1.165, 1.54) is 12.8 Å². The summed E-state index contributed by atoms with van der Waals surface area (Å²) in [4.78, 5) is 11.8. The Morgan fingerprint density at radius 1 is 1.32 bits per heavy atom. The lowest BCUT2D eigenvalue weighted by Crippen LogP contribution is -2.36. The highest BCUT2D eigenvalue weighted by Gasteiger charge is 2.17. The zero-order valence-corrected chi connectivity index (χ0v) is 11.8. The molecule has 0 spiro atoms. The van der Waals surface area contributed by atoms with Gasteiger partial charge in [0.1, 0.15) is 5.75 Å². The third kappa shape index (κ3) is 3.98. The molecule has 0 atom stereocenters. The minimum absolute atomic E-state index is 0.00883. The third-order valence-electron chi connectivity index (χ3n) is 3.62. The van der Waals surface area contributed by atoms with Crippen molar-refractivity contribution in [2.24, 2.45) is 0 Å². The number of benzene rings is 1. The zero-order valence-electron chi connectivity index (χ0n) is 11.8. The smallest absolute Gasteiger partial charge is 0.258 e. The molecule has 19 heavy (non-hydrogen) atoms. The number of rotatable bonds is 5. The number of hydrogen-bond acceptors (Lipinski definition) is 2. The highest BCUT2D eigenvalue weighted by Crippen LogP contribution is 2.25. The summed E-state index contributed by atoms with van der Waals surface area (Å²) in [6.07, 6.45) is 4.66. The number of carbonyl (C=O) groups excluding carboxylic acids is 1. The molecule has 1 amide bonds. The van der Waals surface area contributed by atoms with Crippen LogP contribution in [-0.2, 0) is 4.79 Å². The second-order valence-corrected chi connectivity index (χ2v) is 5.53. The Morgan fingerprint density at radius 3 is 2.68 bits per heavy atom. The Morgan fingerprint density at radius 2 is 2.00 bits per heavy atom. The van der Waals surface area contributed by atoms with Crippen LogP contribution < -0.4 is 10.1 Å². The molecule has 2 rings (SSSR count). The van der Waals surface area contributed by atoms with Gasteiger partial charge in [-0.1, -0.05) is 44.9 Å². The van der Waals surface area contributed by atoms with Gasteiger partial charge in [-0.2, -0.15) is 0 Å². The van der Waals surface area contributed by atoms with Crippen molar-refractivity contribution < 1.29 is 9.53 Å². The van der Waals surface area contributed by atoms with E-state index in [-0.39, 0.29) is 12.5 Å². The Bertz CT molecular complexity index is 423. The van der Waals surface area contributed by atoms with Gasteiger partial charge in [0.2, 0.25) is 0 Å². The first-order valence-electron chi connectivity index (χ1n) is 7.18. The monoisotopic (exact) mass is 261 g/mol. The molecular weight excluding hydrogens is 238 g/mol. The van der Waals surface area contributed by atoms with Gasteiger partial charge in [0.25, 0.3) is 5.91 Å². The number of ether oxygens (including phenoxy) is 1. The molecule has 1 aromatic rings. The molecule has 0 saturated heterocycles. The fourth-order valence-corrected chi connectivity index (χ4v) is 2.57. The van der Waals surface area contributed by atoms with Crippen LogP contribution in [0.3, 0.4) is 0 Å². The molecule has 1 aromatic carbocycles. The van der Waals surface area contributed by atoms with E-state index >= 15 is 0 Å². The van der Waals surface area contributed by atoms with Crippen LogP contribution in [0.2, 0.25) is 0 Å². The minimum atomic E-state index is -0.00883. The number of hydrogen-bond donors (Lipinski definition) is 1. The normalized spacial score (nSPS) is 15.7. The lowest BCUT2D eigenvalue weighted by atomic mass is 10.0. The molecule has 1 fully saturated rings. The van der Waals surface area contributed by atoms with Crippen molar-refractivity contribution in [1.29, 1.82) is 0 Å². The molecule has 1 aliphatic rings. The van der Waals surface area contributed by atoms with Crippen molar-refractivity contribution in [2.45, 2.75) is 51.5 Å². The van der Waals surface area contributed by atoms with Gasteiger partial charge >= 0.3 is 0 Å². The van der Waals surface area contributed by atoms with E-state index in [1.54, 1.807) is 0 Å². The highest BCUT2D eigenvalue weighted by molar-refractivity contribution is 5.77. The van der Waals surface area contributed by atoms with Crippen LogP contribution in [0.4, 0.5) is 0 Å². The largest absolute Gasteiger partial charge is 0.483 e. The van der Waals surface area contributed by atoms with Gasteiger partial charge in [0.05, 0.1) is 0 Å². The standard InChI is InChI=1S/C16H23NO2/c1-12(2)14-9-5-6-10-15(14)19-11-16(18)17-13-7-3-4-8-13/h5-6,9-10,12-13H,3-4,7-8,11H2,1-2H3,(H,17,18). The summed E-state index contributed by atoms with van der Waals surface area (Å²) in [7, 11) is 0. The van der Waals surface area contributed by atoms with Crippen LogP contribution in [0.5, 0.6) is 5.75 Å². The van der Waals surface area contributed by atoms with E-state index in [2.05, 4.69) is 25.2 Å². The van der Waals surface area contributed by atoms with E-state index in [9.17, 15) is 4.79 Å². The lowest BCUT2D eigenvalue weighted by molar-refractivity contribution is -0.123. The van der Waals surface area contributed by atoms with Crippen molar-refractivity contribution in [2.75, 3.05) is 6.61 Å². The molecule has 3 heteroatoms. The number of para-hydroxylation sites is 1. The van der Waals surface area contributed by atoms with Crippen molar-refractivity contribution >= 4 is 5.91 Å². The van der Waals surface area contributed by atoms with E-state index in [0.29, 0.717) is 12.0 Å². The van der Waals surface area contributed by atoms with Gasteiger partial charge in [-0.15, -0.1) is 0 Å². The fraction of sp³-hybridized carbons (Fsp3) is 0.562. The van der Waals surface area contributed by atoms with E-state index < -0.39 is 0 Å². The molecule has 0 heterocycles. The fourth-order valence-electron chi connectivity index (χ4n) is 2.57.